The fourth-order valence-corrected chi connectivity index (χ4v) is 4.12. The summed E-state index contributed by atoms with van der Waals surface area (Å²) in [7, 11) is 0. The van der Waals surface area contributed by atoms with Crippen LogP contribution < -0.4 is 15.0 Å². The maximum Gasteiger partial charge on any atom is 0.262 e. The number of carbonyl (C=O) groups is 2. The Morgan fingerprint density at radius 3 is 2.14 bits per heavy atom. The second kappa shape index (κ2) is 10.8. The summed E-state index contributed by atoms with van der Waals surface area (Å²) < 4.78 is 5.58. The molecule has 1 N–H and O–H groups in total. The molecule has 36 heavy (non-hydrogen) atoms. The van der Waals surface area contributed by atoms with Gasteiger partial charge in [-0.25, -0.2) is 0 Å². The van der Waals surface area contributed by atoms with Gasteiger partial charge in [0.2, 0.25) is 0 Å². The number of nitrogens with one attached hydrogen (secondary N) is 1. The first kappa shape index (κ1) is 23.2. The molecular weight excluding hydrogens is 452 g/mol. The predicted octanol–water partition coefficient (Wildman–Crippen LogP) is 4.99. The number of ether oxygens (including phenoxy) is 1. The zero-order valence-electron chi connectivity index (χ0n) is 19.8. The Kier molecular flexibility index (Phi) is 6.98. The van der Waals surface area contributed by atoms with Gasteiger partial charge in [-0.15, -0.1) is 10.2 Å². The molecular formula is C29H26N4O3. The van der Waals surface area contributed by atoms with Crippen LogP contribution in [-0.4, -0.2) is 41.6 Å². The summed E-state index contributed by atoms with van der Waals surface area (Å²) in [6, 6.07) is 27.3. The molecule has 0 aliphatic carbocycles. The number of anilines is 2. The number of benzene rings is 3. The van der Waals surface area contributed by atoms with Crippen LogP contribution in [0.1, 0.15) is 28.8 Å². The highest BCUT2D eigenvalue weighted by Gasteiger charge is 2.14. The van der Waals surface area contributed by atoms with E-state index in [0.717, 1.165) is 30.2 Å². The molecule has 0 atom stereocenters. The van der Waals surface area contributed by atoms with Crippen LogP contribution in [-0.2, 0) is 4.79 Å². The van der Waals surface area contributed by atoms with Crippen molar-refractivity contribution in [3.05, 3.63) is 102 Å². The molecule has 0 bridgehead atoms. The van der Waals surface area contributed by atoms with Gasteiger partial charge in [-0.1, -0.05) is 42.5 Å². The molecule has 1 fully saturated rings. The van der Waals surface area contributed by atoms with Crippen molar-refractivity contribution in [3.63, 3.8) is 0 Å². The van der Waals surface area contributed by atoms with Crippen LogP contribution in [0.2, 0.25) is 0 Å². The third kappa shape index (κ3) is 5.58. The lowest BCUT2D eigenvalue weighted by molar-refractivity contribution is -0.118. The lowest BCUT2D eigenvalue weighted by atomic mass is 10.0. The van der Waals surface area contributed by atoms with Gasteiger partial charge in [0.15, 0.2) is 18.2 Å². The molecule has 7 heteroatoms. The molecule has 0 unspecified atom stereocenters. The molecule has 3 aromatic carbocycles. The lowest BCUT2D eigenvalue weighted by Crippen LogP contribution is -2.20. The van der Waals surface area contributed by atoms with Crippen LogP contribution in [0.15, 0.2) is 91.0 Å². The molecule has 1 aliphatic rings. The van der Waals surface area contributed by atoms with E-state index < -0.39 is 0 Å². The maximum atomic E-state index is 12.5. The van der Waals surface area contributed by atoms with E-state index in [2.05, 4.69) is 20.4 Å². The van der Waals surface area contributed by atoms with Gasteiger partial charge in [0.05, 0.1) is 5.69 Å². The molecule has 1 aliphatic heterocycles. The Hall–Kier alpha value is -4.52. The van der Waals surface area contributed by atoms with Gasteiger partial charge in [0.1, 0.15) is 5.75 Å². The van der Waals surface area contributed by atoms with E-state index in [9.17, 15) is 9.59 Å². The van der Waals surface area contributed by atoms with Crippen molar-refractivity contribution in [2.24, 2.45) is 0 Å². The number of aromatic nitrogens is 2. The molecule has 4 aromatic rings. The largest absolute Gasteiger partial charge is 0.484 e. The monoisotopic (exact) mass is 478 g/mol. The van der Waals surface area contributed by atoms with Crippen molar-refractivity contribution >= 4 is 23.2 Å². The summed E-state index contributed by atoms with van der Waals surface area (Å²) in [6.07, 6.45) is 2.40. The molecule has 1 aromatic heterocycles. The second-order valence-electron chi connectivity index (χ2n) is 8.60. The third-order valence-electron chi connectivity index (χ3n) is 6.07. The Morgan fingerprint density at radius 1 is 0.778 bits per heavy atom. The molecule has 1 saturated heterocycles. The summed E-state index contributed by atoms with van der Waals surface area (Å²) in [5.41, 5.74) is 3.57. The average Bonchev–Trinajstić information content (AvgIpc) is 3.48. The van der Waals surface area contributed by atoms with Crippen molar-refractivity contribution in [2.75, 3.05) is 29.9 Å². The first-order valence-electron chi connectivity index (χ1n) is 12.0. The van der Waals surface area contributed by atoms with Crippen LogP contribution in [0.25, 0.3) is 11.3 Å². The minimum atomic E-state index is -0.276. The molecule has 2 heterocycles. The van der Waals surface area contributed by atoms with E-state index in [4.69, 9.17) is 4.74 Å². The highest BCUT2D eigenvalue weighted by molar-refractivity contribution is 6.09. The topological polar surface area (TPSA) is 84.4 Å². The first-order valence-corrected chi connectivity index (χ1v) is 12.0. The van der Waals surface area contributed by atoms with E-state index in [1.807, 2.05) is 54.6 Å². The molecule has 1 amide bonds. The number of nitrogens with zero attached hydrogens (tertiary/aromatic N) is 3. The summed E-state index contributed by atoms with van der Waals surface area (Å²) in [4.78, 5) is 27.1. The average molecular weight is 479 g/mol. The van der Waals surface area contributed by atoms with Gasteiger partial charge in [0.25, 0.3) is 5.91 Å². The first-order chi connectivity index (χ1) is 17.7. The van der Waals surface area contributed by atoms with Crippen molar-refractivity contribution in [2.45, 2.75) is 12.8 Å². The van der Waals surface area contributed by atoms with E-state index in [1.54, 1.807) is 36.4 Å². The zero-order chi connectivity index (χ0) is 24.7. The number of carbonyl (C=O) groups excluding carboxylic acids is 2. The minimum Gasteiger partial charge on any atom is -0.484 e. The Bertz CT molecular complexity index is 1320. The minimum absolute atomic E-state index is 0.0585. The van der Waals surface area contributed by atoms with Gasteiger partial charge in [-0.05, 0) is 61.4 Å². The number of rotatable bonds is 8. The SMILES string of the molecule is O=C(COc1ccc(C(=O)c2ccccc2)cc1)Nc1ccc(-c2ccc(N3CCCC3)nn2)cc1. The highest BCUT2D eigenvalue weighted by atomic mass is 16.5. The molecule has 7 nitrogen and oxygen atoms in total. The summed E-state index contributed by atoms with van der Waals surface area (Å²) in [5, 5.41) is 11.6. The predicted molar refractivity (Wildman–Crippen MR) is 139 cm³/mol. The number of hydrogen-bond acceptors (Lipinski definition) is 6. The second-order valence-corrected chi connectivity index (χ2v) is 8.60. The fraction of sp³-hybridized carbons (Fsp3) is 0.172. The number of hydrogen-bond donors (Lipinski definition) is 1. The maximum absolute atomic E-state index is 12.5. The number of ketones is 1. The van der Waals surface area contributed by atoms with E-state index in [1.165, 1.54) is 12.8 Å². The van der Waals surface area contributed by atoms with Crippen LogP contribution in [0.5, 0.6) is 5.75 Å². The highest BCUT2D eigenvalue weighted by Crippen LogP contribution is 2.22. The lowest BCUT2D eigenvalue weighted by Gasteiger charge is -2.15. The quantitative estimate of drug-likeness (QED) is 0.359. The normalized spacial score (nSPS) is 12.8. The molecule has 0 saturated carbocycles. The van der Waals surface area contributed by atoms with Crippen molar-refractivity contribution in [1.29, 1.82) is 0 Å². The van der Waals surface area contributed by atoms with Gasteiger partial charge in [0, 0.05) is 35.5 Å². The van der Waals surface area contributed by atoms with Crippen LogP contribution in [0, 0.1) is 0 Å². The van der Waals surface area contributed by atoms with E-state index in [-0.39, 0.29) is 18.3 Å². The molecule has 0 spiro atoms. The zero-order valence-corrected chi connectivity index (χ0v) is 19.8. The van der Waals surface area contributed by atoms with Gasteiger partial charge in [-0.3, -0.25) is 9.59 Å². The van der Waals surface area contributed by atoms with Crippen LogP contribution in [0.4, 0.5) is 11.5 Å². The van der Waals surface area contributed by atoms with Gasteiger partial charge < -0.3 is 15.0 Å². The summed E-state index contributed by atoms with van der Waals surface area (Å²) in [6.45, 7) is 1.92. The van der Waals surface area contributed by atoms with Crippen molar-refractivity contribution < 1.29 is 14.3 Å². The molecule has 0 radical (unpaired) electrons. The van der Waals surface area contributed by atoms with Crippen molar-refractivity contribution in [3.8, 4) is 17.0 Å². The summed E-state index contributed by atoms with van der Waals surface area (Å²) in [5.74, 6) is 1.09. The van der Waals surface area contributed by atoms with Crippen LogP contribution >= 0.6 is 0 Å². The summed E-state index contributed by atoms with van der Waals surface area (Å²) >= 11 is 0. The Labute approximate surface area is 209 Å². The smallest absolute Gasteiger partial charge is 0.262 e. The fourth-order valence-electron chi connectivity index (χ4n) is 4.12. The van der Waals surface area contributed by atoms with Crippen molar-refractivity contribution in [1.82, 2.24) is 10.2 Å². The van der Waals surface area contributed by atoms with Gasteiger partial charge in [-0.2, -0.15) is 0 Å². The van der Waals surface area contributed by atoms with Gasteiger partial charge >= 0.3 is 0 Å². The van der Waals surface area contributed by atoms with E-state index in [0.29, 0.717) is 22.6 Å². The molecule has 180 valence electrons. The van der Waals surface area contributed by atoms with Crippen LogP contribution in [0.3, 0.4) is 0 Å². The van der Waals surface area contributed by atoms with E-state index >= 15 is 0 Å². The third-order valence-corrected chi connectivity index (χ3v) is 6.07. The number of amides is 1. The Balaban J connectivity index is 1.12. The standard InChI is InChI=1S/C29H26N4O3/c34-28(20-36-25-14-10-23(11-15-25)29(35)22-6-2-1-3-7-22)30-24-12-8-21(9-13-24)26-16-17-27(32-31-26)33-18-4-5-19-33/h1-3,6-17H,4-5,18-20H2,(H,30,34). The Morgan fingerprint density at radius 2 is 1.47 bits per heavy atom. The molecule has 5 rings (SSSR count).